The van der Waals surface area contributed by atoms with Gasteiger partial charge in [-0.15, -0.1) is 0 Å². The summed E-state index contributed by atoms with van der Waals surface area (Å²) in [7, 11) is 0. The summed E-state index contributed by atoms with van der Waals surface area (Å²) in [5.41, 5.74) is 2.45. The molecule has 1 atom stereocenters. The molecular formula is C17H24N2O2. The number of nitrogens with zero attached hydrogens (tertiary/aromatic N) is 1. The quantitative estimate of drug-likeness (QED) is 0.784. The van der Waals surface area contributed by atoms with Gasteiger partial charge in [0.15, 0.2) is 0 Å². The predicted molar refractivity (Wildman–Crippen MR) is 82.8 cm³/mol. The van der Waals surface area contributed by atoms with Gasteiger partial charge in [-0.2, -0.15) is 0 Å². The monoisotopic (exact) mass is 288 g/mol. The fourth-order valence-electron chi connectivity index (χ4n) is 2.75. The van der Waals surface area contributed by atoms with Gasteiger partial charge in [0.05, 0.1) is 6.04 Å². The van der Waals surface area contributed by atoms with Gasteiger partial charge in [0, 0.05) is 19.4 Å². The summed E-state index contributed by atoms with van der Waals surface area (Å²) in [4.78, 5) is 24.9. The number of hydrogen-bond donors (Lipinski definition) is 1. The van der Waals surface area contributed by atoms with E-state index in [0.717, 1.165) is 24.9 Å². The second kappa shape index (κ2) is 7.36. The fraction of sp³-hybridized carbons (Fsp3) is 0.529. The summed E-state index contributed by atoms with van der Waals surface area (Å²) in [5.74, 6) is -0.101. The van der Waals surface area contributed by atoms with Crippen molar-refractivity contribution in [3.63, 3.8) is 0 Å². The van der Waals surface area contributed by atoms with Crippen LogP contribution in [-0.4, -0.2) is 29.8 Å². The average Bonchev–Trinajstić information content (AvgIpc) is 2.80. The number of carbonyl (C=O) groups excluding carboxylic acids is 2. The van der Waals surface area contributed by atoms with E-state index in [1.165, 1.54) is 10.5 Å². The zero-order chi connectivity index (χ0) is 15.2. The molecule has 1 heterocycles. The highest BCUT2D eigenvalue weighted by atomic mass is 16.2. The first kappa shape index (κ1) is 15.7. The van der Waals surface area contributed by atoms with E-state index >= 15 is 0 Å². The van der Waals surface area contributed by atoms with Gasteiger partial charge in [0.25, 0.3) is 0 Å². The standard InChI is InChI=1S/C17H24N2O2/c1-3-5-13-6-8-14(9-7-13)15(18-4-2)12-19-16(20)10-11-17(19)21/h6-9,15,18H,3-5,10-12H2,1-2H3. The SMILES string of the molecule is CCCc1ccc(C(CN2C(=O)CCC2=O)NCC)cc1. The van der Waals surface area contributed by atoms with Gasteiger partial charge >= 0.3 is 0 Å². The Hall–Kier alpha value is -1.68. The van der Waals surface area contributed by atoms with Crippen molar-refractivity contribution in [2.45, 2.75) is 45.6 Å². The zero-order valence-corrected chi connectivity index (χ0v) is 12.9. The van der Waals surface area contributed by atoms with E-state index in [2.05, 4.69) is 36.5 Å². The lowest BCUT2D eigenvalue weighted by Crippen LogP contribution is -2.38. The summed E-state index contributed by atoms with van der Waals surface area (Å²) < 4.78 is 0. The van der Waals surface area contributed by atoms with Crippen LogP contribution < -0.4 is 5.32 Å². The summed E-state index contributed by atoms with van der Waals surface area (Å²) in [6.07, 6.45) is 2.92. The maximum absolute atomic E-state index is 11.8. The van der Waals surface area contributed by atoms with Crippen molar-refractivity contribution in [3.05, 3.63) is 35.4 Å². The second-order valence-corrected chi connectivity index (χ2v) is 5.50. The first-order valence-corrected chi connectivity index (χ1v) is 7.81. The van der Waals surface area contributed by atoms with E-state index in [-0.39, 0.29) is 17.9 Å². The largest absolute Gasteiger partial charge is 0.309 e. The van der Waals surface area contributed by atoms with E-state index < -0.39 is 0 Å². The molecule has 0 radical (unpaired) electrons. The number of nitrogens with one attached hydrogen (secondary N) is 1. The summed E-state index contributed by atoms with van der Waals surface area (Å²) >= 11 is 0. The van der Waals surface area contributed by atoms with E-state index in [9.17, 15) is 9.59 Å². The number of aryl methyl sites for hydroxylation is 1. The number of likely N-dealkylation sites (tertiary alicyclic amines) is 1. The smallest absolute Gasteiger partial charge is 0.229 e. The van der Waals surface area contributed by atoms with E-state index in [1.807, 2.05) is 6.92 Å². The maximum atomic E-state index is 11.8. The first-order valence-electron chi connectivity index (χ1n) is 7.81. The molecule has 2 rings (SSSR count). The Morgan fingerprint density at radius 3 is 2.24 bits per heavy atom. The topological polar surface area (TPSA) is 49.4 Å². The van der Waals surface area contributed by atoms with Crippen molar-refractivity contribution in [2.24, 2.45) is 0 Å². The van der Waals surface area contributed by atoms with Crippen molar-refractivity contribution < 1.29 is 9.59 Å². The van der Waals surface area contributed by atoms with Crippen LogP contribution in [0.2, 0.25) is 0 Å². The Kier molecular flexibility index (Phi) is 5.51. The lowest BCUT2D eigenvalue weighted by molar-refractivity contribution is -0.138. The molecule has 4 heteroatoms. The molecule has 1 fully saturated rings. The Morgan fingerprint density at radius 1 is 1.10 bits per heavy atom. The van der Waals surface area contributed by atoms with E-state index in [4.69, 9.17) is 0 Å². The van der Waals surface area contributed by atoms with Crippen molar-refractivity contribution >= 4 is 11.8 Å². The van der Waals surface area contributed by atoms with Crippen LogP contribution in [0.4, 0.5) is 0 Å². The lowest BCUT2D eigenvalue weighted by atomic mass is 10.0. The van der Waals surface area contributed by atoms with Crippen LogP contribution in [0.25, 0.3) is 0 Å². The number of benzene rings is 1. The molecule has 1 unspecified atom stereocenters. The molecule has 0 aliphatic carbocycles. The van der Waals surface area contributed by atoms with Gasteiger partial charge in [0.2, 0.25) is 11.8 Å². The van der Waals surface area contributed by atoms with Gasteiger partial charge in [0.1, 0.15) is 0 Å². The Balaban J connectivity index is 2.10. The average molecular weight is 288 g/mol. The lowest BCUT2D eigenvalue weighted by Gasteiger charge is -2.24. The first-order chi connectivity index (χ1) is 10.2. The minimum absolute atomic E-state index is 0.0108. The van der Waals surface area contributed by atoms with Gasteiger partial charge in [-0.1, -0.05) is 44.5 Å². The molecule has 1 saturated heterocycles. The van der Waals surface area contributed by atoms with E-state index in [0.29, 0.717) is 19.4 Å². The third kappa shape index (κ3) is 3.91. The third-order valence-electron chi connectivity index (χ3n) is 3.89. The fourth-order valence-corrected chi connectivity index (χ4v) is 2.75. The molecule has 1 N–H and O–H groups in total. The molecule has 1 aromatic rings. The minimum atomic E-state index is -0.0505. The van der Waals surface area contributed by atoms with Crippen LogP contribution >= 0.6 is 0 Å². The molecule has 1 aromatic carbocycles. The molecule has 114 valence electrons. The number of likely N-dealkylation sites (N-methyl/N-ethyl adjacent to an activating group) is 1. The molecule has 4 nitrogen and oxygen atoms in total. The number of rotatable bonds is 7. The van der Waals surface area contributed by atoms with Gasteiger partial charge < -0.3 is 5.32 Å². The Bertz CT molecular complexity index is 480. The molecule has 1 aliphatic heterocycles. The van der Waals surface area contributed by atoms with Crippen molar-refractivity contribution in [1.29, 1.82) is 0 Å². The summed E-state index contributed by atoms with van der Waals surface area (Å²) in [6, 6.07) is 8.48. The van der Waals surface area contributed by atoms with Gasteiger partial charge in [-0.25, -0.2) is 0 Å². The van der Waals surface area contributed by atoms with Crippen LogP contribution in [0.1, 0.15) is 50.3 Å². The minimum Gasteiger partial charge on any atom is -0.309 e. The van der Waals surface area contributed by atoms with Crippen LogP contribution in [0.5, 0.6) is 0 Å². The highest BCUT2D eigenvalue weighted by Crippen LogP contribution is 2.20. The number of amides is 2. The molecule has 0 spiro atoms. The predicted octanol–water partition coefficient (Wildman–Crippen LogP) is 2.44. The van der Waals surface area contributed by atoms with Gasteiger partial charge in [-0.3, -0.25) is 14.5 Å². The molecule has 0 saturated carbocycles. The normalized spacial score (nSPS) is 16.6. The molecule has 1 aliphatic rings. The van der Waals surface area contributed by atoms with Crippen LogP contribution in [0.15, 0.2) is 24.3 Å². The van der Waals surface area contributed by atoms with Crippen molar-refractivity contribution in [2.75, 3.05) is 13.1 Å². The number of hydrogen-bond acceptors (Lipinski definition) is 3. The van der Waals surface area contributed by atoms with Crippen LogP contribution in [0.3, 0.4) is 0 Å². The molecule has 2 amide bonds. The molecule has 0 aromatic heterocycles. The van der Waals surface area contributed by atoms with Crippen molar-refractivity contribution in [3.8, 4) is 0 Å². The Morgan fingerprint density at radius 2 is 1.71 bits per heavy atom. The highest BCUT2D eigenvalue weighted by Gasteiger charge is 2.30. The van der Waals surface area contributed by atoms with Crippen LogP contribution in [0, 0.1) is 0 Å². The zero-order valence-electron chi connectivity index (χ0n) is 12.9. The third-order valence-corrected chi connectivity index (χ3v) is 3.89. The van der Waals surface area contributed by atoms with Crippen LogP contribution in [-0.2, 0) is 16.0 Å². The summed E-state index contributed by atoms with van der Waals surface area (Å²) in [6.45, 7) is 5.43. The van der Waals surface area contributed by atoms with E-state index in [1.54, 1.807) is 0 Å². The molecule has 0 bridgehead atoms. The maximum Gasteiger partial charge on any atom is 0.229 e. The molecule has 21 heavy (non-hydrogen) atoms. The van der Waals surface area contributed by atoms with Crippen molar-refractivity contribution in [1.82, 2.24) is 10.2 Å². The summed E-state index contributed by atoms with van der Waals surface area (Å²) in [5, 5.41) is 3.37. The second-order valence-electron chi connectivity index (χ2n) is 5.50. The Labute approximate surface area is 126 Å². The number of imide groups is 1. The molecular weight excluding hydrogens is 264 g/mol. The number of carbonyl (C=O) groups is 2. The highest BCUT2D eigenvalue weighted by molar-refractivity contribution is 6.01. The van der Waals surface area contributed by atoms with Gasteiger partial charge in [-0.05, 0) is 24.1 Å².